The summed E-state index contributed by atoms with van der Waals surface area (Å²) in [6.07, 6.45) is 2.92. The highest BCUT2D eigenvalue weighted by atomic mass is 16.1. The van der Waals surface area contributed by atoms with Gasteiger partial charge in [-0.25, -0.2) is 4.98 Å². The highest BCUT2D eigenvalue weighted by Gasteiger charge is 2.26. The number of hydrogen-bond donors (Lipinski definition) is 1. The fourth-order valence-electron chi connectivity index (χ4n) is 3.23. The standard InChI is InChI=1S/C19H17N3O/c1-12-9-14(10-13-5-3-2-4-6-13)18-21-17-11-15(20)7-8-16(17)19(23)22(12)18/h2-8,10-12H,9,20H2,1H3. The molecule has 2 N–H and O–H groups in total. The van der Waals surface area contributed by atoms with Gasteiger partial charge >= 0.3 is 0 Å². The molecule has 4 rings (SSSR count). The summed E-state index contributed by atoms with van der Waals surface area (Å²) >= 11 is 0. The second-order valence-electron chi connectivity index (χ2n) is 6.02. The SMILES string of the molecule is CC1CC(=Cc2ccccc2)c2nc3cc(N)ccc3c(=O)n21. The fourth-order valence-corrected chi connectivity index (χ4v) is 3.23. The van der Waals surface area contributed by atoms with Gasteiger partial charge < -0.3 is 5.73 Å². The number of nitrogen functional groups attached to an aromatic ring is 1. The van der Waals surface area contributed by atoms with E-state index in [1.54, 1.807) is 22.8 Å². The lowest BCUT2D eigenvalue weighted by molar-refractivity contribution is 0.574. The van der Waals surface area contributed by atoms with Crippen molar-refractivity contribution in [3.05, 3.63) is 70.3 Å². The Bertz CT molecular complexity index is 987. The molecule has 2 aromatic carbocycles. The Labute approximate surface area is 133 Å². The van der Waals surface area contributed by atoms with E-state index in [-0.39, 0.29) is 11.6 Å². The third-order valence-corrected chi connectivity index (χ3v) is 4.31. The summed E-state index contributed by atoms with van der Waals surface area (Å²) in [5, 5.41) is 0.621. The summed E-state index contributed by atoms with van der Waals surface area (Å²) in [7, 11) is 0. The maximum atomic E-state index is 12.8. The molecule has 1 aliphatic rings. The quantitative estimate of drug-likeness (QED) is 0.700. The lowest BCUT2D eigenvalue weighted by atomic mass is 10.1. The largest absolute Gasteiger partial charge is 0.399 e. The molecule has 0 amide bonds. The van der Waals surface area contributed by atoms with Crippen LogP contribution in [-0.4, -0.2) is 9.55 Å². The first-order valence-electron chi connectivity index (χ1n) is 7.71. The molecule has 0 aliphatic carbocycles. The van der Waals surface area contributed by atoms with Crippen LogP contribution < -0.4 is 11.3 Å². The molecule has 2 heterocycles. The number of nitrogens with two attached hydrogens (primary N) is 1. The van der Waals surface area contributed by atoms with Gasteiger partial charge in [-0.3, -0.25) is 9.36 Å². The molecule has 0 spiro atoms. The van der Waals surface area contributed by atoms with Gasteiger partial charge in [0.25, 0.3) is 5.56 Å². The molecular weight excluding hydrogens is 286 g/mol. The van der Waals surface area contributed by atoms with Crippen molar-refractivity contribution >= 4 is 28.2 Å². The van der Waals surface area contributed by atoms with Crippen molar-refractivity contribution in [3.63, 3.8) is 0 Å². The van der Waals surface area contributed by atoms with Crippen LogP contribution in [0, 0.1) is 0 Å². The maximum Gasteiger partial charge on any atom is 0.261 e. The molecule has 1 aromatic heterocycles. The van der Waals surface area contributed by atoms with Gasteiger partial charge in [-0.15, -0.1) is 0 Å². The smallest absolute Gasteiger partial charge is 0.261 e. The molecular formula is C19H17N3O. The number of aromatic nitrogens is 2. The molecule has 23 heavy (non-hydrogen) atoms. The first-order chi connectivity index (χ1) is 11.1. The van der Waals surface area contributed by atoms with Crippen molar-refractivity contribution in [2.24, 2.45) is 0 Å². The summed E-state index contributed by atoms with van der Waals surface area (Å²) in [6.45, 7) is 2.06. The van der Waals surface area contributed by atoms with Crippen LogP contribution in [-0.2, 0) is 0 Å². The molecule has 1 unspecified atom stereocenters. The highest BCUT2D eigenvalue weighted by Crippen LogP contribution is 2.34. The first kappa shape index (κ1) is 13.8. The van der Waals surface area contributed by atoms with Gasteiger partial charge in [-0.05, 0) is 48.8 Å². The summed E-state index contributed by atoms with van der Waals surface area (Å²) in [6, 6.07) is 15.5. The van der Waals surface area contributed by atoms with Gasteiger partial charge in [0.1, 0.15) is 5.82 Å². The van der Waals surface area contributed by atoms with Crippen molar-refractivity contribution < 1.29 is 0 Å². The van der Waals surface area contributed by atoms with E-state index >= 15 is 0 Å². The Morgan fingerprint density at radius 1 is 1.22 bits per heavy atom. The Morgan fingerprint density at radius 3 is 2.78 bits per heavy atom. The highest BCUT2D eigenvalue weighted by molar-refractivity contribution is 5.86. The first-order valence-corrected chi connectivity index (χ1v) is 7.71. The van der Waals surface area contributed by atoms with Crippen LogP contribution in [0.4, 0.5) is 5.69 Å². The third-order valence-electron chi connectivity index (χ3n) is 4.31. The molecule has 4 nitrogen and oxygen atoms in total. The van der Waals surface area contributed by atoms with E-state index in [1.165, 1.54) is 0 Å². The van der Waals surface area contributed by atoms with Crippen LogP contribution in [0.3, 0.4) is 0 Å². The van der Waals surface area contributed by atoms with Crippen molar-refractivity contribution in [1.29, 1.82) is 0 Å². The van der Waals surface area contributed by atoms with E-state index in [2.05, 4.69) is 25.1 Å². The zero-order valence-electron chi connectivity index (χ0n) is 12.9. The van der Waals surface area contributed by atoms with Gasteiger partial charge in [-0.1, -0.05) is 30.3 Å². The van der Waals surface area contributed by atoms with E-state index in [0.717, 1.165) is 23.4 Å². The van der Waals surface area contributed by atoms with Gasteiger partial charge in [-0.2, -0.15) is 0 Å². The van der Waals surface area contributed by atoms with Gasteiger partial charge in [0, 0.05) is 11.7 Å². The zero-order chi connectivity index (χ0) is 16.0. The maximum absolute atomic E-state index is 12.8. The minimum atomic E-state index is 0.00830. The van der Waals surface area contributed by atoms with E-state index in [9.17, 15) is 4.79 Å². The number of hydrogen-bond acceptors (Lipinski definition) is 3. The van der Waals surface area contributed by atoms with Crippen molar-refractivity contribution in [2.45, 2.75) is 19.4 Å². The van der Waals surface area contributed by atoms with Gasteiger partial charge in [0.2, 0.25) is 0 Å². The predicted octanol–water partition coefficient (Wildman–Crippen LogP) is 3.48. The normalized spacial score (nSPS) is 18.5. The number of fused-ring (bicyclic) bond motifs is 2. The van der Waals surface area contributed by atoms with Crippen molar-refractivity contribution in [2.75, 3.05) is 5.73 Å². The minimum Gasteiger partial charge on any atom is -0.399 e. The molecule has 1 atom stereocenters. The second kappa shape index (κ2) is 5.09. The van der Waals surface area contributed by atoms with Crippen LogP contribution in [0.1, 0.15) is 30.8 Å². The van der Waals surface area contributed by atoms with E-state index in [4.69, 9.17) is 10.7 Å². The average Bonchev–Trinajstić information content (AvgIpc) is 2.84. The van der Waals surface area contributed by atoms with Crippen LogP contribution in [0.5, 0.6) is 0 Å². The van der Waals surface area contributed by atoms with Crippen LogP contribution in [0.15, 0.2) is 53.3 Å². The van der Waals surface area contributed by atoms with Crippen molar-refractivity contribution in [1.82, 2.24) is 9.55 Å². The summed E-state index contributed by atoms with van der Waals surface area (Å²) < 4.78 is 1.80. The Morgan fingerprint density at radius 2 is 2.00 bits per heavy atom. The van der Waals surface area contributed by atoms with Gasteiger partial charge in [0.15, 0.2) is 0 Å². The van der Waals surface area contributed by atoms with Crippen LogP contribution >= 0.6 is 0 Å². The minimum absolute atomic E-state index is 0.00830. The number of nitrogens with zero attached hydrogens (tertiary/aromatic N) is 2. The third kappa shape index (κ3) is 2.23. The molecule has 0 bridgehead atoms. The molecule has 114 valence electrons. The second-order valence-corrected chi connectivity index (χ2v) is 6.02. The average molecular weight is 303 g/mol. The Balaban J connectivity index is 1.97. The summed E-state index contributed by atoms with van der Waals surface area (Å²) in [4.78, 5) is 17.5. The van der Waals surface area contributed by atoms with Crippen LogP contribution in [0.25, 0.3) is 22.6 Å². The Kier molecular flexibility index (Phi) is 3.05. The molecule has 0 saturated carbocycles. The number of benzene rings is 2. The summed E-state index contributed by atoms with van der Waals surface area (Å²) in [5.41, 5.74) is 9.33. The summed E-state index contributed by atoms with van der Waals surface area (Å²) in [5.74, 6) is 0.754. The van der Waals surface area contributed by atoms with Gasteiger partial charge in [0.05, 0.1) is 10.9 Å². The van der Waals surface area contributed by atoms with E-state index in [1.807, 2.05) is 18.2 Å². The topological polar surface area (TPSA) is 60.9 Å². The lowest BCUT2D eigenvalue weighted by Crippen LogP contribution is -2.23. The van der Waals surface area contributed by atoms with Crippen LogP contribution in [0.2, 0.25) is 0 Å². The number of rotatable bonds is 1. The lowest BCUT2D eigenvalue weighted by Gasteiger charge is -2.09. The molecule has 1 aliphatic heterocycles. The van der Waals surface area contributed by atoms with Crippen molar-refractivity contribution in [3.8, 4) is 0 Å². The molecule has 3 aromatic rings. The molecule has 0 saturated heterocycles. The zero-order valence-corrected chi connectivity index (χ0v) is 12.9. The number of anilines is 1. The number of allylic oxidation sites excluding steroid dienone is 1. The molecule has 4 heteroatoms. The van der Waals surface area contributed by atoms with E-state index in [0.29, 0.717) is 16.6 Å². The molecule has 0 fully saturated rings. The monoisotopic (exact) mass is 303 g/mol. The predicted molar refractivity (Wildman–Crippen MR) is 94.1 cm³/mol. The van der Waals surface area contributed by atoms with E-state index < -0.39 is 0 Å². The Hall–Kier alpha value is -2.88. The molecule has 0 radical (unpaired) electrons. The fraction of sp³-hybridized carbons (Fsp3) is 0.158.